The summed E-state index contributed by atoms with van der Waals surface area (Å²) in [5, 5.41) is 0. The molecule has 0 saturated heterocycles. The Morgan fingerprint density at radius 1 is 0.947 bits per heavy atom. The van der Waals surface area contributed by atoms with E-state index in [4.69, 9.17) is 0 Å². The summed E-state index contributed by atoms with van der Waals surface area (Å²) in [5.41, 5.74) is 3.56. The quantitative estimate of drug-likeness (QED) is 0.629. The fourth-order valence-electron chi connectivity index (χ4n) is 2.12. The Hall–Kier alpha value is -1.15. The molecule has 0 spiro atoms. The second kappa shape index (κ2) is 7.44. The maximum absolute atomic E-state index is 4.56. The molecule has 0 bridgehead atoms. The Kier molecular flexibility index (Phi) is 5.59. The van der Waals surface area contributed by atoms with E-state index in [0.717, 1.165) is 16.6 Å². The monoisotopic (exact) mass is 317 g/mol. The van der Waals surface area contributed by atoms with Crippen LogP contribution in [0.4, 0.5) is 0 Å². The number of rotatable bonds is 6. The summed E-state index contributed by atoms with van der Waals surface area (Å²) < 4.78 is 1.10. The molecule has 0 aliphatic carbocycles. The predicted molar refractivity (Wildman–Crippen MR) is 85.2 cm³/mol. The van der Waals surface area contributed by atoms with Crippen LogP contribution < -0.4 is 0 Å². The van der Waals surface area contributed by atoms with Gasteiger partial charge in [-0.25, -0.2) is 0 Å². The molecule has 0 atom stereocenters. The van der Waals surface area contributed by atoms with E-state index in [1.165, 1.54) is 36.8 Å². The number of benzene rings is 1. The largest absolute Gasteiger partial charge is 0.256 e. The van der Waals surface area contributed by atoms with Gasteiger partial charge in [0.25, 0.3) is 0 Å². The molecule has 0 unspecified atom stereocenters. The number of hydrogen-bond donors (Lipinski definition) is 0. The van der Waals surface area contributed by atoms with Crippen LogP contribution in [0.25, 0.3) is 11.3 Å². The van der Waals surface area contributed by atoms with Gasteiger partial charge in [0, 0.05) is 16.2 Å². The van der Waals surface area contributed by atoms with Crippen LogP contribution in [0.3, 0.4) is 0 Å². The lowest BCUT2D eigenvalue weighted by Gasteiger charge is -2.04. The number of halogens is 1. The van der Waals surface area contributed by atoms with Crippen LogP contribution in [-0.2, 0) is 6.42 Å². The van der Waals surface area contributed by atoms with Gasteiger partial charge < -0.3 is 0 Å². The molecule has 0 radical (unpaired) electrons. The highest BCUT2D eigenvalue weighted by atomic mass is 79.9. The smallest absolute Gasteiger partial charge is 0.0702 e. The molecule has 0 N–H and O–H groups in total. The molecule has 2 aromatic rings. The first-order chi connectivity index (χ1) is 9.29. The van der Waals surface area contributed by atoms with Crippen molar-refractivity contribution in [2.45, 2.75) is 39.0 Å². The zero-order valence-corrected chi connectivity index (χ0v) is 13.0. The SMILES string of the molecule is CCCCCCc1ccc(-c2ccc(Br)cc2)nc1. The van der Waals surface area contributed by atoms with Crippen molar-refractivity contribution < 1.29 is 0 Å². The van der Waals surface area contributed by atoms with Crippen molar-refractivity contribution in [2.75, 3.05) is 0 Å². The van der Waals surface area contributed by atoms with Gasteiger partial charge in [-0.15, -0.1) is 0 Å². The standard InChI is InChI=1S/C17H20BrN/c1-2-3-4-5-6-14-7-12-17(19-13-14)15-8-10-16(18)11-9-15/h7-13H,2-6H2,1H3. The Labute approximate surface area is 124 Å². The van der Waals surface area contributed by atoms with Crippen molar-refractivity contribution in [2.24, 2.45) is 0 Å². The van der Waals surface area contributed by atoms with Crippen molar-refractivity contribution in [3.63, 3.8) is 0 Å². The van der Waals surface area contributed by atoms with E-state index < -0.39 is 0 Å². The Balaban J connectivity index is 1.96. The first-order valence-electron chi connectivity index (χ1n) is 7.00. The minimum atomic E-state index is 1.05. The minimum absolute atomic E-state index is 1.05. The van der Waals surface area contributed by atoms with Crippen LogP contribution in [0.2, 0.25) is 0 Å². The Morgan fingerprint density at radius 3 is 2.37 bits per heavy atom. The van der Waals surface area contributed by atoms with E-state index in [9.17, 15) is 0 Å². The van der Waals surface area contributed by atoms with Crippen molar-refractivity contribution in [1.29, 1.82) is 0 Å². The van der Waals surface area contributed by atoms with Crippen LogP contribution in [0.5, 0.6) is 0 Å². The van der Waals surface area contributed by atoms with Crippen LogP contribution in [0.15, 0.2) is 47.1 Å². The summed E-state index contributed by atoms with van der Waals surface area (Å²) in [6, 6.07) is 12.6. The number of nitrogens with zero attached hydrogens (tertiary/aromatic N) is 1. The molecule has 2 rings (SSSR count). The maximum atomic E-state index is 4.56. The van der Waals surface area contributed by atoms with Gasteiger partial charge in [0.2, 0.25) is 0 Å². The normalized spacial score (nSPS) is 10.6. The molecular weight excluding hydrogens is 298 g/mol. The van der Waals surface area contributed by atoms with Crippen molar-refractivity contribution in [1.82, 2.24) is 4.98 Å². The topological polar surface area (TPSA) is 12.9 Å². The zero-order chi connectivity index (χ0) is 13.5. The molecule has 1 aromatic carbocycles. The summed E-state index contributed by atoms with van der Waals surface area (Å²) >= 11 is 3.45. The molecule has 0 fully saturated rings. The lowest BCUT2D eigenvalue weighted by Crippen LogP contribution is -1.89. The van der Waals surface area contributed by atoms with Gasteiger partial charge in [-0.1, -0.05) is 60.3 Å². The predicted octanol–water partition coefficient (Wildman–Crippen LogP) is 5.63. The zero-order valence-electron chi connectivity index (χ0n) is 11.4. The summed E-state index contributed by atoms with van der Waals surface area (Å²) in [4.78, 5) is 4.56. The molecule has 19 heavy (non-hydrogen) atoms. The highest BCUT2D eigenvalue weighted by Gasteiger charge is 2.00. The lowest BCUT2D eigenvalue weighted by atomic mass is 10.1. The van der Waals surface area contributed by atoms with Crippen molar-refractivity contribution in [3.8, 4) is 11.3 Å². The van der Waals surface area contributed by atoms with E-state index in [1.54, 1.807) is 0 Å². The average Bonchev–Trinajstić information content (AvgIpc) is 2.45. The number of hydrogen-bond acceptors (Lipinski definition) is 1. The van der Waals surface area contributed by atoms with Gasteiger partial charge in [0.15, 0.2) is 0 Å². The van der Waals surface area contributed by atoms with Gasteiger partial charge in [-0.3, -0.25) is 4.98 Å². The molecule has 0 aliphatic rings. The van der Waals surface area contributed by atoms with Crippen molar-refractivity contribution in [3.05, 3.63) is 52.6 Å². The van der Waals surface area contributed by atoms with Crippen LogP contribution >= 0.6 is 15.9 Å². The summed E-state index contributed by atoms with van der Waals surface area (Å²) in [5.74, 6) is 0. The first kappa shape index (κ1) is 14.3. The van der Waals surface area contributed by atoms with Crippen LogP contribution in [-0.4, -0.2) is 4.98 Å². The molecule has 1 aromatic heterocycles. The van der Waals surface area contributed by atoms with E-state index >= 15 is 0 Å². The summed E-state index contributed by atoms with van der Waals surface area (Å²) in [6.45, 7) is 2.24. The first-order valence-corrected chi connectivity index (χ1v) is 7.80. The molecule has 1 heterocycles. The number of unbranched alkanes of at least 4 members (excludes halogenated alkanes) is 3. The van der Waals surface area contributed by atoms with Gasteiger partial charge in [-0.2, -0.15) is 0 Å². The van der Waals surface area contributed by atoms with Crippen LogP contribution in [0.1, 0.15) is 38.2 Å². The molecule has 0 amide bonds. The number of pyridine rings is 1. The fourth-order valence-corrected chi connectivity index (χ4v) is 2.38. The third kappa shape index (κ3) is 4.46. The Bertz CT molecular complexity index is 488. The third-order valence-corrected chi connectivity index (χ3v) is 3.81. The summed E-state index contributed by atoms with van der Waals surface area (Å²) in [6.07, 6.45) is 8.39. The third-order valence-electron chi connectivity index (χ3n) is 3.28. The molecule has 0 aliphatic heterocycles. The van der Waals surface area contributed by atoms with E-state index in [-0.39, 0.29) is 0 Å². The molecular formula is C17H20BrN. The van der Waals surface area contributed by atoms with Gasteiger partial charge >= 0.3 is 0 Å². The van der Waals surface area contributed by atoms with Crippen LogP contribution in [0, 0.1) is 0 Å². The number of aryl methyl sites for hydroxylation is 1. The minimum Gasteiger partial charge on any atom is -0.256 e. The summed E-state index contributed by atoms with van der Waals surface area (Å²) in [7, 11) is 0. The fraction of sp³-hybridized carbons (Fsp3) is 0.353. The van der Waals surface area contributed by atoms with Gasteiger partial charge in [0.1, 0.15) is 0 Å². The molecule has 100 valence electrons. The highest BCUT2D eigenvalue weighted by Crippen LogP contribution is 2.20. The maximum Gasteiger partial charge on any atom is 0.0702 e. The van der Waals surface area contributed by atoms with E-state index in [1.807, 2.05) is 6.20 Å². The van der Waals surface area contributed by atoms with E-state index in [0.29, 0.717) is 0 Å². The highest BCUT2D eigenvalue weighted by molar-refractivity contribution is 9.10. The average molecular weight is 318 g/mol. The molecule has 1 nitrogen and oxygen atoms in total. The van der Waals surface area contributed by atoms with Gasteiger partial charge in [-0.05, 0) is 36.6 Å². The molecule has 2 heteroatoms. The number of aromatic nitrogens is 1. The lowest BCUT2D eigenvalue weighted by molar-refractivity contribution is 0.666. The molecule has 0 saturated carbocycles. The van der Waals surface area contributed by atoms with Crippen molar-refractivity contribution >= 4 is 15.9 Å². The van der Waals surface area contributed by atoms with Gasteiger partial charge in [0.05, 0.1) is 5.69 Å². The second-order valence-electron chi connectivity index (χ2n) is 4.87. The Morgan fingerprint density at radius 2 is 1.74 bits per heavy atom. The van der Waals surface area contributed by atoms with E-state index in [2.05, 4.69) is 64.2 Å². The second-order valence-corrected chi connectivity index (χ2v) is 5.78.